The molecule has 0 saturated carbocycles. The number of likely N-dealkylation sites (N-methyl/N-ethyl adjacent to an activating group) is 1. The number of rotatable bonds is 12. The summed E-state index contributed by atoms with van der Waals surface area (Å²) in [6, 6.07) is -1.05. The Morgan fingerprint density at radius 1 is 1.38 bits per heavy atom. The largest absolute Gasteiger partial charge is 0.463 e. The molecule has 3 atom stereocenters. The standard InChI is InChI=1S/C19H28N4O11S3/c1-4-22(15-8-11(2)36(29,30)19-13(15)9-17(35-19)37(20,31)32)18(26)14(21-12(3)24)10-33-16(25)6-5-7-34-23(27)28/h9,11,14-15H,4-8,10H2,1-3H3,(H,21,24)(H2,20,31,32)/t11?,14?,15-/m0/s1. The predicted molar refractivity (Wildman–Crippen MR) is 128 cm³/mol. The van der Waals surface area contributed by atoms with Crippen molar-refractivity contribution in [2.45, 2.75) is 65.8 Å². The van der Waals surface area contributed by atoms with Gasteiger partial charge in [-0.1, -0.05) is 0 Å². The first-order chi connectivity index (χ1) is 17.1. The number of ether oxygens (including phenoxy) is 1. The number of sulfonamides is 1. The molecule has 15 nitrogen and oxygen atoms in total. The summed E-state index contributed by atoms with van der Waals surface area (Å²) in [6.45, 7) is 3.38. The van der Waals surface area contributed by atoms with Gasteiger partial charge in [-0.05, 0) is 32.8 Å². The molecule has 1 aromatic heterocycles. The lowest BCUT2D eigenvalue weighted by Crippen LogP contribution is -2.52. The van der Waals surface area contributed by atoms with Crippen molar-refractivity contribution in [1.82, 2.24) is 10.2 Å². The summed E-state index contributed by atoms with van der Waals surface area (Å²) in [6.07, 6.45) is -0.293. The highest BCUT2D eigenvalue weighted by Crippen LogP contribution is 2.45. The van der Waals surface area contributed by atoms with Crippen LogP contribution in [0.4, 0.5) is 0 Å². The maximum absolute atomic E-state index is 13.5. The highest BCUT2D eigenvalue weighted by Gasteiger charge is 2.43. The number of nitrogens with two attached hydrogens (primary N) is 1. The monoisotopic (exact) mass is 584 g/mol. The van der Waals surface area contributed by atoms with Crippen LogP contribution in [0.3, 0.4) is 0 Å². The Balaban J connectivity index is 2.29. The molecule has 0 spiro atoms. The Morgan fingerprint density at radius 3 is 2.57 bits per heavy atom. The highest BCUT2D eigenvalue weighted by molar-refractivity contribution is 7.95. The fourth-order valence-corrected chi connectivity index (χ4v) is 8.16. The summed E-state index contributed by atoms with van der Waals surface area (Å²) in [5, 5.41) is 15.8. The van der Waals surface area contributed by atoms with Crippen LogP contribution in [0, 0.1) is 10.1 Å². The normalized spacial score (nSPS) is 19.2. The topological polar surface area (TPSA) is 222 Å². The summed E-state index contributed by atoms with van der Waals surface area (Å²) >= 11 is 0.510. The zero-order valence-electron chi connectivity index (χ0n) is 20.2. The number of thiophene rings is 1. The minimum absolute atomic E-state index is 0.0125. The van der Waals surface area contributed by atoms with Crippen LogP contribution >= 0.6 is 11.3 Å². The van der Waals surface area contributed by atoms with Gasteiger partial charge in [-0.3, -0.25) is 14.4 Å². The van der Waals surface area contributed by atoms with E-state index < -0.39 is 66.7 Å². The van der Waals surface area contributed by atoms with E-state index in [0.29, 0.717) is 11.3 Å². The minimum Gasteiger partial charge on any atom is -0.463 e. The molecule has 2 unspecified atom stereocenters. The van der Waals surface area contributed by atoms with Crippen LogP contribution in [0.2, 0.25) is 0 Å². The van der Waals surface area contributed by atoms with Gasteiger partial charge >= 0.3 is 5.97 Å². The van der Waals surface area contributed by atoms with E-state index >= 15 is 0 Å². The fraction of sp³-hybridized carbons (Fsp3) is 0.632. The van der Waals surface area contributed by atoms with Gasteiger partial charge in [0, 0.05) is 25.5 Å². The maximum atomic E-state index is 13.5. The third kappa shape index (κ3) is 7.59. The molecule has 0 bridgehead atoms. The number of fused-ring (bicyclic) bond motifs is 1. The van der Waals surface area contributed by atoms with Crippen LogP contribution in [0.1, 0.15) is 51.6 Å². The average molecular weight is 585 g/mol. The molecule has 1 aliphatic heterocycles. The number of amides is 2. The number of primary sulfonamides is 1. The first-order valence-corrected chi connectivity index (χ1v) is 14.9. The van der Waals surface area contributed by atoms with Crippen molar-refractivity contribution in [3.63, 3.8) is 0 Å². The molecule has 0 aromatic carbocycles. The first kappa shape index (κ1) is 30.4. The second kappa shape index (κ2) is 12.1. The van der Waals surface area contributed by atoms with Crippen molar-refractivity contribution in [3.05, 3.63) is 21.7 Å². The zero-order chi connectivity index (χ0) is 28.1. The SMILES string of the molecule is CCN(C(=O)C(COC(=O)CCCO[N+](=O)[O-])NC(C)=O)[C@H]1CC(C)S(=O)(=O)c2sc(S(N)(=O)=O)cc21. The second-order valence-electron chi connectivity index (χ2n) is 8.18. The number of carbonyl (C=O) groups excluding carboxylic acids is 3. The van der Waals surface area contributed by atoms with Crippen molar-refractivity contribution >= 4 is 49.0 Å². The molecule has 18 heteroatoms. The molecule has 2 rings (SSSR count). The molecular formula is C19H28N4O11S3. The van der Waals surface area contributed by atoms with Crippen LogP contribution < -0.4 is 10.5 Å². The Labute approximate surface area is 217 Å². The van der Waals surface area contributed by atoms with Gasteiger partial charge in [0.25, 0.3) is 5.09 Å². The fourth-order valence-electron chi connectivity index (χ4n) is 3.76. The van der Waals surface area contributed by atoms with E-state index in [0.717, 1.165) is 13.0 Å². The number of esters is 1. The lowest BCUT2D eigenvalue weighted by Gasteiger charge is -2.37. The third-order valence-electron chi connectivity index (χ3n) is 5.49. The van der Waals surface area contributed by atoms with Gasteiger partial charge < -0.3 is 19.8 Å². The Kier molecular flexibility index (Phi) is 9.97. The van der Waals surface area contributed by atoms with Crippen LogP contribution in [0.5, 0.6) is 0 Å². The van der Waals surface area contributed by atoms with Crippen LogP contribution in [0.15, 0.2) is 14.5 Å². The molecule has 0 radical (unpaired) electrons. The van der Waals surface area contributed by atoms with Crippen LogP contribution in [-0.4, -0.2) is 75.7 Å². The zero-order valence-corrected chi connectivity index (χ0v) is 22.7. The van der Waals surface area contributed by atoms with E-state index in [1.807, 2.05) is 0 Å². The van der Waals surface area contributed by atoms with E-state index in [1.165, 1.54) is 11.8 Å². The number of nitrogens with zero attached hydrogens (tertiary/aromatic N) is 2. The summed E-state index contributed by atoms with van der Waals surface area (Å²) in [4.78, 5) is 52.8. The van der Waals surface area contributed by atoms with Gasteiger partial charge in [-0.15, -0.1) is 21.5 Å². The van der Waals surface area contributed by atoms with Crippen molar-refractivity contribution in [3.8, 4) is 0 Å². The molecule has 0 aliphatic carbocycles. The number of hydrogen-bond donors (Lipinski definition) is 2. The van der Waals surface area contributed by atoms with E-state index in [2.05, 4.69) is 10.2 Å². The van der Waals surface area contributed by atoms with Crippen molar-refractivity contribution < 1.29 is 45.9 Å². The number of sulfone groups is 1. The molecule has 2 amide bonds. The minimum atomic E-state index is -4.22. The number of carbonyl (C=O) groups is 3. The van der Waals surface area contributed by atoms with Gasteiger partial charge in [-0.25, -0.2) is 22.0 Å². The molecule has 2 heterocycles. The van der Waals surface area contributed by atoms with Crippen LogP contribution in [-0.2, 0) is 43.8 Å². The number of nitrogens with one attached hydrogen (secondary N) is 1. The van der Waals surface area contributed by atoms with Crippen molar-refractivity contribution in [1.29, 1.82) is 0 Å². The van der Waals surface area contributed by atoms with Crippen molar-refractivity contribution in [2.24, 2.45) is 5.14 Å². The highest BCUT2D eigenvalue weighted by atomic mass is 32.3. The van der Waals surface area contributed by atoms with Crippen molar-refractivity contribution in [2.75, 3.05) is 19.8 Å². The smallest absolute Gasteiger partial charge is 0.305 e. The second-order valence-corrected chi connectivity index (χ2v) is 13.6. The lowest BCUT2D eigenvalue weighted by atomic mass is 10.0. The first-order valence-electron chi connectivity index (χ1n) is 11.0. The van der Waals surface area contributed by atoms with Gasteiger partial charge in [0.05, 0.1) is 17.9 Å². The molecule has 208 valence electrons. The van der Waals surface area contributed by atoms with Gasteiger partial charge in [0.2, 0.25) is 21.8 Å². The van der Waals surface area contributed by atoms with E-state index in [9.17, 15) is 41.3 Å². The van der Waals surface area contributed by atoms with E-state index in [4.69, 9.17) is 9.88 Å². The van der Waals surface area contributed by atoms with Gasteiger partial charge in [-0.2, -0.15) is 0 Å². The molecule has 0 fully saturated rings. The average Bonchev–Trinajstić information content (AvgIpc) is 3.25. The van der Waals surface area contributed by atoms with E-state index in [-0.39, 0.29) is 46.4 Å². The molecule has 37 heavy (non-hydrogen) atoms. The lowest BCUT2D eigenvalue weighted by molar-refractivity contribution is -0.757. The van der Waals surface area contributed by atoms with Crippen LogP contribution in [0.25, 0.3) is 0 Å². The molecular weight excluding hydrogens is 556 g/mol. The molecule has 0 saturated heterocycles. The summed E-state index contributed by atoms with van der Waals surface area (Å²) in [5.41, 5.74) is 0.103. The predicted octanol–water partition coefficient (Wildman–Crippen LogP) is -0.113. The third-order valence-corrected chi connectivity index (χ3v) is 10.8. The Hall–Kier alpha value is -2.83. The number of hydrogen-bond acceptors (Lipinski definition) is 12. The van der Waals surface area contributed by atoms with Gasteiger partial charge in [0.1, 0.15) is 21.1 Å². The molecule has 1 aromatic rings. The quantitative estimate of drug-likeness (QED) is 0.143. The summed E-state index contributed by atoms with van der Waals surface area (Å²) in [5.74, 6) is -2.07. The Morgan fingerprint density at radius 2 is 2.03 bits per heavy atom. The van der Waals surface area contributed by atoms with E-state index in [1.54, 1.807) is 6.92 Å². The summed E-state index contributed by atoms with van der Waals surface area (Å²) < 4.78 is 54.1. The Bertz CT molecular complexity index is 1260. The summed E-state index contributed by atoms with van der Waals surface area (Å²) in [7, 11) is -8.08. The molecule has 3 N–H and O–H groups in total. The molecule has 1 aliphatic rings. The maximum Gasteiger partial charge on any atom is 0.305 e. The van der Waals surface area contributed by atoms with Gasteiger partial charge in [0.15, 0.2) is 9.84 Å².